The summed E-state index contributed by atoms with van der Waals surface area (Å²) < 4.78 is 0. The molecule has 1 saturated heterocycles. The van der Waals surface area contributed by atoms with Crippen LogP contribution in [0, 0.1) is 13.8 Å². The predicted octanol–water partition coefficient (Wildman–Crippen LogP) is 3.21. The molecule has 1 heterocycles. The van der Waals surface area contributed by atoms with Crippen LogP contribution in [0.25, 0.3) is 0 Å². The van der Waals surface area contributed by atoms with Crippen LogP contribution in [0.4, 0.5) is 0 Å². The lowest BCUT2D eigenvalue weighted by Crippen LogP contribution is -2.44. The second kappa shape index (κ2) is 6.29. The quantitative estimate of drug-likeness (QED) is 0.887. The van der Waals surface area contributed by atoms with E-state index >= 15 is 0 Å². The topological polar surface area (TPSA) is 32.3 Å². The summed E-state index contributed by atoms with van der Waals surface area (Å²) in [5.74, 6) is 2.16. The Hall–Kier alpha value is -0.510. The molecule has 19 heavy (non-hydrogen) atoms. The fraction of sp³-hybridized carbons (Fsp3) is 0.625. The van der Waals surface area contributed by atoms with E-state index in [0.29, 0.717) is 12.6 Å². The maximum Gasteiger partial charge on any atom is 0.0787 e. The van der Waals surface area contributed by atoms with Crippen molar-refractivity contribution in [2.45, 2.75) is 45.3 Å². The Morgan fingerprint density at radius 3 is 2.68 bits per heavy atom. The summed E-state index contributed by atoms with van der Waals surface area (Å²) in [6.45, 7) is 7.21. The average Bonchev–Trinajstić information content (AvgIpc) is 2.40. The molecular formula is C16H25NOS. The number of nitrogens with one attached hydrogen (secondary N) is 1. The van der Waals surface area contributed by atoms with Gasteiger partial charge in [0.1, 0.15) is 0 Å². The van der Waals surface area contributed by atoms with Crippen LogP contribution >= 0.6 is 11.8 Å². The maximum atomic E-state index is 10.5. The second-order valence-corrected chi connectivity index (χ2v) is 6.95. The summed E-state index contributed by atoms with van der Waals surface area (Å²) in [4.78, 5) is 0. The number of benzene rings is 1. The molecular weight excluding hydrogens is 254 g/mol. The summed E-state index contributed by atoms with van der Waals surface area (Å²) in [5.41, 5.74) is 3.53. The number of rotatable bonds is 4. The summed E-state index contributed by atoms with van der Waals surface area (Å²) in [6, 6.07) is 6.73. The molecule has 0 aliphatic carbocycles. The lowest BCUT2D eigenvalue weighted by molar-refractivity contribution is 0.0300. The maximum absolute atomic E-state index is 10.5. The van der Waals surface area contributed by atoms with Crippen molar-refractivity contribution in [2.24, 2.45) is 0 Å². The first kappa shape index (κ1) is 14.9. The Balaban J connectivity index is 1.97. The fourth-order valence-electron chi connectivity index (χ4n) is 2.62. The molecule has 2 rings (SSSR count). The van der Waals surface area contributed by atoms with Gasteiger partial charge < -0.3 is 10.4 Å². The van der Waals surface area contributed by atoms with Crippen molar-refractivity contribution in [3.05, 3.63) is 34.9 Å². The van der Waals surface area contributed by atoms with Crippen molar-refractivity contribution in [2.75, 3.05) is 18.1 Å². The molecule has 1 aromatic carbocycles. The number of hydrogen-bond acceptors (Lipinski definition) is 3. The number of hydrogen-bond donors (Lipinski definition) is 2. The number of aliphatic hydroxyl groups is 1. The highest BCUT2D eigenvalue weighted by Gasteiger charge is 2.29. The normalized spacial score (nSPS) is 20.2. The van der Waals surface area contributed by atoms with E-state index in [-0.39, 0.29) is 0 Å². The van der Waals surface area contributed by atoms with Crippen molar-refractivity contribution < 1.29 is 5.11 Å². The minimum atomic E-state index is -0.503. The highest BCUT2D eigenvalue weighted by atomic mass is 32.2. The van der Waals surface area contributed by atoms with Gasteiger partial charge in [-0.15, -0.1) is 0 Å². The first-order chi connectivity index (χ1) is 9.02. The van der Waals surface area contributed by atoms with Gasteiger partial charge in [0.25, 0.3) is 0 Å². The Morgan fingerprint density at radius 1 is 1.32 bits per heavy atom. The molecule has 1 atom stereocenters. The summed E-state index contributed by atoms with van der Waals surface area (Å²) in [6.07, 6.45) is 1.81. The van der Waals surface area contributed by atoms with Crippen LogP contribution in [0.2, 0.25) is 0 Å². The lowest BCUT2D eigenvalue weighted by atomic mass is 9.94. The van der Waals surface area contributed by atoms with Crippen LogP contribution in [0.3, 0.4) is 0 Å². The highest BCUT2D eigenvalue weighted by molar-refractivity contribution is 7.99. The smallest absolute Gasteiger partial charge is 0.0787 e. The largest absolute Gasteiger partial charge is 0.389 e. The monoisotopic (exact) mass is 279 g/mol. The first-order valence-electron chi connectivity index (χ1n) is 7.11. The summed E-state index contributed by atoms with van der Waals surface area (Å²) >= 11 is 1.94. The van der Waals surface area contributed by atoms with Crippen molar-refractivity contribution in [3.63, 3.8) is 0 Å². The van der Waals surface area contributed by atoms with Gasteiger partial charge in [-0.05, 0) is 61.8 Å². The van der Waals surface area contributed by atoms with E-state index in [1.807, 2.05) is 11.8 Å². The van der Waals surface area contributed by atoms with Crippen LogP contribution in [-0.4, -0.2) is 28.8 Å². The number of aryl methyl sites for hydroxylation is 1. The Morgan fingerprint density at radius 2 is 2.00 bits per heavy atom. The van der Waals surface area contributed by atoms with Gasteiger partial charge in [-0.2, -0.15) is 11.8 Å². The molecule has 1 aliphatic heterocycles. The van der Waals surface area contributed by atoms with Gasteiger partial charge in [0.2, 0.25) is 0 Å². The molecule has 0 aromatic heterocycles. The van der Waals surface area contributed by atoms with E-state index < -0.39 is 5.60 Å². The van der Waals surface area contributed by atoms with Gasteiger partial charge in [0.15, 0.2) is 0 Å². The minimum Gasteiger partial charge on any atom is -0.389 e. The van der Waals surface area contributed by atoms with E-state index in [2.05, 4.69) is 44.3 Å². The lowest BCUT2D eigenvalue weighted by Gasteiger charge is -2.33. The van der Waals surface area contributed by atoms with E-state index in [0.717, 1.165) is 24.3 Å². The van der Waals surface area contributed by atoms with E-state index in [9.17, 15) is 5.11 Å². The third-order valence-electron chi connectivity index (χ3n) is 4.27. The zero-order valence-electron chi connectivity index (χ0n) is 12.2. The molecule has 0 bridgehead atoms. The molecule has 1 unspecified atom stereocenters. The third kappa shape index (κ3) is 3.74. The van der Waals surface area contributed by atoms with E-state index in [1.165, 1.54) is 16.7 Å². The molecule has 1 fully saturated rings. The first-order valence-corrected chi connectivity index (χ1v) is 8.27. The van der Waals surface area contributed by atoms with Gasteiger partial charge in [0, 0.05) is 12.6 Å². The molecule has 0 saturated carbocycles. The second-order valence-electron chi connectivity index (χ2n) is 5.73. The molecule has 3 heteroatoms. The zero-order valence-corrected chi connectivity index (χ0v) is 13.0. The van der Waals surface area contributed by atoms with E-state index in [1.54, 1.807) is 0 Å². The molecule has 1 aromatic rings. The van der Waals surface area contributed by atoms with Gasteiger partial charge in [-0.3, -0.25) is 0 Å². The molecule has 2 N–H and O–H groups in total. The van der Waals surface area contributed by atoms with Crippen molar-refractivity contribution >= 4 is 11.8 Å². The van der Waals surface area contributed by atoms with E-state index in [4.69, 9.17) is 0 Å². The van der Waals surface area contributed by atoms with Crippen LogP contribution < -0.4 is 5.32 Å². The Labute approximate surface area is 121 Å². The summed E-state index contributed by atoms with van der Waals surface area (Å²) in [5, 5.41) is 14.0. The fourth-order valence-corrected chi connectivity index (χ4v) is 3.88. The summed E-state index contributed by atoms with van der Waals surface area (Å²) in [7, 11) is 0. The zero-order chi connectivity index (χ0) is 13.9. The molecule has 0 spiro atoms. The molecule has 1 aliphatic rings. The minimum absolute atomic E-state index is 0.290. The molecule has 0 radical (unpaired) electrons. The van der Waals surface area contributed by atoms with Crippen molar-refractivity contribution in [1.29, 1.82) is 0 Å². The molecule has 106 valence electrons. The van der Waals surface area contributed by atoms with Gasteiger partial charge in [-0.25, -0.2) is 0 Å². The number of thioether (sulfide) groups is 1. The highest BCUT2D eigenvalue weighted by Crippen LogP contribution is 2.27. The molecule has 0 amide bonds. The van der Waals surface area contributed by atoms with Crippen molar-refractivity contribution in [3.8, 4) is 0 Å². The molecule has 2 nitrogen and oxygen atoms in total. The van der Waals surface area contributed by atoms with Gasteiger partial charge in [-0.1, -0.05) is 18.2 Å². The van der Waals surface area contributed by atoms with Crippen LogP contribution in [0.5, 0.6) is 0 Å². The van der Waals surface area contributed by atoms with Crippen LogP contribution in [-0.2, 0) is 0 Å². The third-order valence-corrected chi connectivity index (χ3v) is 5.26. The Kier molecular flexibility index (Phi) is 4.93. The van der Waals surface area contributed by atoms with Gasteiger partial charge >= 0.3 is 0 Å². The van der Waals surface area contributed by atoms with Crippen molar-refractivity contribution in [1.82, 2.24) is 5.32 Å². The Bertz CT molecular complexity index is 427. The SMILES string of the molecule is Cc1cccc(C(C)NCC2(O)CCSCC2)c1C. The van der Waals surface area contributed by atoms with Gasteiger partial charge in [0.05, 0.1) is 5.60 Å². The standard InChI is InChI=1S/C16H25NOS/c1-12-5-4-6-15(13(12)2)14(3)17-11-16(18)7-9-19-10-8-16/h4-6,14,17-18H,7-11H2,1-3H3. The predicted molar refractivity (Wildman–Crippen MR) is 83.8 cm³/mol. The van der Waals surface area contributed by atoms with Crippen LogP contribution in [0.15, 0.2) is 18.2 Å². The van der Waals surface area contributed by atoms with Crippen LogP contribution in [0.1, 0.15) is 42.5 Å². The average molecular weight is 279 g/mol.